The zero-order chi connectivity index (χ0) is 22.7. The molecule has 4 rings (SSSR count). The zero-order valence-corrected chi connectivity index (χ0v) is 19.7. The molecule has 2 aromatic rings. The summed E-state index contributed by atoms with van der Waals surface area (Å²) in [5.74, 6) is -0.382. The van der Waals surface area contributed by atoms with Gasteiger partial charge in [0.25, 0.3) is 10.0 Å². The first-order valence-electron chi connectivity index (χ1n) is 10.9. The van der Waals surface area contributed by atoms with Crippen molar-refractivity contribution in [3.05, 3.63) is 53.2 Å². The summed E-state index contributed by atoms with van der Waals surface area (Å²) in [4.78, 5) is 14.7. The van der Waals surface area contributed by atoms with Gasteiger partial charge in [0, 0.05) is 32.2 Å². The van der Waals surface area contributed by atoms with Crippen molar-refractivity contribution in [1.29, 1.82) is 0 Å². The topological polar surface area (TPSA) is 81.8 Å². The summed E-state index contributed by atoms with van der Waals surface area (Å²) in [5.41, 5.74) is 7.40. The van der Waals surface area contributed by atoms with Gasteiger partial charge < -0.3 is 4.90 Å². The lowest BCUT2D eigenvalue weighted by atomic mass is 9.99. The van der Waals surface area contributed by atoms with E-state index in [1.807, 2.05) is 6.07 Å². The maximum Gasteiger partial charge on any atom is 0.253 e. The Bertz CT molecular complexity index is 1030. The van der Waals surface area contributed by atoms with Gasteiger partial charge in [0.2, 0.25) is 5.91 Å². The summed E-state index contributed by atoms with van der Waals surface area (Å²) in [6, 6.07) is 9.57. The van der Waals surface area contributed by atoms with Crippen LogP contribution in [0.4, 0.5) is 4.39 Å². The van der Waals surface area contributed by atoms with E-state index in [0.717, 1.165) is 24.8 Å². The first kappa shape index (κ1) is 23.3. The molecule has 3 atom stereocenters. The van der Waals surface area contributed by atoms with Crippen LogP contribution in [0.5, 0.6) is 0 Å². The van der Waals surface area contributed by atoms with Gasteiger partial charge in [-0.1, -0.05) is 18.2 Å². The summed E-state index contributed by atoms with van der Waals surface area (Å²) in [6.07, 6.45) is 3.74. The van der Waals surface area contributed by atoms with Gasteiger partial charge in [-0.15, -0.1) is 11.3 Å². The number of sulfonamides is 1. The van der Waals surface area contributed by atoms with Crippen molar-refractivity contribution in [1.82, 2.24) is 20.1 Å². The first-order chi connectivity index (χ1) is 15.4. The van der Waals surface area contributed by atoms with Crippen LogP contribution >= 0.6 is 11.3 Å². The van der Waals surface area contributed by atoms with E-state index in [-0.39, 0.29) is 28.0 Å². The molecule has 1 aromatic carbocycles. The maximum atomic E-state index is 13.5. The highest BCUT2D eigenvalue weighted by atomic mass is 32.2. The molecule has 1 aromatic heterocycles. The largest absolute Gasteiger partial charge is 0.344 e. The van der Waals surface area contributed by atoms with Crippen molar-refractivity contribution in [2.45, 2.75) is 54.4 Å². The number of amides is 1. The van der Waals surface area contributed by atoms with Crippen LogP contribution in [0.25, 0.3) is 0 Å². The van der Waals surface area contributed by atoms with E-state index in [0.29, 0.717) is 25.9 Å². The second kappa shape index (κ2) is 9.96. The lowest BCUT2D eigenvalue weighted by Gasteiger charge is -2.27. The highest BCUT2D eigenvalue weighted by Gasteiger charge is 2.40. The Kier molecular flexibility index (Phi) is 7.26. The molecular formula is C22H29FN4O3S2. The maximum absolute atomic E-state index is 13.5. The number of halogens is 1. The third-order valence-electron chi connectivity index (χ3n) is 6.20. The molecule has 0 saturated carbocycles. The Morgan fingerprint density at radius 1 is 1.28 bits per heavy atom. The molecule has 0 bridgehead atoms. The van der Waals surface area contributed by atoms with E-state index >= 15 is 0 Å². The minimum absolute atomic E-state index is 0.0598. The fourth-order valence-corrected chi connectivity index (χ4v) is 7.26. The molecule has 2 fully saturated rings. The van der Waals surface area contributed by atoms with Crippen molar-refractivity contribution < 1.29 is 17.6 Å². The lowest BCUT2D eigenvalue weighted by molar-refractivity contribution is -0.133. The Labute approximate surface area is 192 Å². The van der Waals surface area contributed by atoms with Gasteiger partial charge in [-0.25, -0.2) is 12.8 Å². The second-order valence-electron chi connectivity index (χ2n) is 8.44. The molecule has 3 heterocycles. The molecule has 10 heteroatoms. The van der Waals surface area contributed by atoms with Crippen LogP contribution in [0, 0.1) is 5.82 Å². The average molecular weight is 481 g/mol. The fourth-order valence-electron chi connectivity index (χ4n) is 4.49. The monoisotopic (exact) mass is 480 g/mol. The predicted molar refractivity (Wildman–Crippen MR) is 122 cm³/mol. The van der Waals surface area contributed by atoms with Gasteiger partial charge in [-0.2, -0.15) is 4.31 Å². The van der Waals surface area contributed by atoms with Gasteiger partial charge >= 0.3 is 0 Å². The molecule has 174 valence electrons. The molecule has 0 aliphatic carbocycles. The molecule has 7 nitrogen and oxygen atoms in total. The number of benzene rings is 1. The van der Waals surface area contributed by atoms with Crippen LogP contribution in [-0.2, 0) is 14.8 Å². The second-order valence-corrected chi connectivity index (χ2v) is 11.5. The van der Waals surface area contributed by atoms with Gasteiger partial charge in [0.15, 0.2) is 0 Å². The van der Waals surface area contributed by atoms with Gasteiger partial charge in [0.05, 0.1) is 0 Å². The molecule has 0 spiro atoms. The molecule has 0 radical (unpaired) electrons. The Morgan fingerprint density at radius 2 is 2.12 bits per heavy atom. The number of likely N-dealkylation sites (N-methyl/N-ethyl adjacent to an activating group) is 1. The number of carbonyl (C=O) groups excluding carboxylic acids is 1. The Morgan fingerprint density at radius 3 is 2.88 bits per heavy atom. The standard InChI is InChI=1S/C22H29FN4O3S2/c1-26(11-3-8-18-15-19(25-24-18)16-6-2-7-17(23)14-16)22(28)20-9-4-12-27(20)32(29,30)21-10-5-13-31-21/h2,5-7,10,13-14,18-20,24-25H,3-4,8-9,11-12,15H2,1H3. The highest BCUT2D eigenvalue weighted by Crippen LogP contribution is 2.29. The SMILES string of the molecule is CN(CCCC1CC(c2cccc(F)c2)NN1)C(=O)C1CCCN1S(=O)(=O)c1cccs1. The number of rotatable bonds is 8. The van der Waals surface area contributed by atoms with Gasteiger partial charge in [0.1, 0.15) is 16.1 Å². The smallest absolute Gasteiger partial charge is 0.253 e. The van der Waals surface area contributed by atoms with Crippen LogP contribution < -0.4 is 10.9 Å². The number of hydrogen-bond acceptors (Lipinski definition) is 6. The van der Waals surface area contributed by atoms with E-state index in [1.54, 1.807) is 41.6 Å². The number of nitrogens with zero attached hydrogens (tertiary/aromatic N) is 2. The Balaban J connectivity index is 1.27. The molecule has 1 amide bonds. The summed E-state index contributed by atoms with van der Waals surface area (Å²) >= 11 is 1.18. The van der Waals surface area contributed by atoms with Crippen LogP contribution in [0.1, 0.15) is 43.7 Å². The first-order valence-corrected chi connectivity index (χ1v) is 13.2. The third kappa shape index (κ3) is 5.04. The van der Waals surface area contributed by atoms with Gasteiger partial charge in [-0.3, -0.25) is 15.6 Å². The van der Waals surface area contributed by atoms with Crippen LogP contribution in [0.3, 0.4) is 0 Å². The van der Waals surface area contributed by atoms with Crippen molar-refractivity contribution in [2.24, 2.45) is 0 Å². The van der Waals surface area contributed by atoms with Crippen LogP contribution in [-0.4, -0.2) is 55.8 Å². The van der Waals surface area contributed by atoms with E-state index in [1.165, 1.54) is 21.7 Å². The van der Waals surface area contributed by atoms with E-state index in [4.69, 9.17) is 0 Å². The highest BCUT2D eigenvalue weighted by molar-refractivity contribution is 7.91. The van der Waals surface area contributed by atoms with Crippen molar-refractivity contribution in [3.8, 4) is 0 Å². The quantitative estimate of drug-likeness (QED) is 0.607. The molecule has 32 heavy (non-hydrogen) atoms. The summed E-state index contributed by atoms with van der Waals surface area (Å²) in [6.45, 7) is 0.939. The van der Waals surface area contributed by atoms with Gasteiger partial charge in [-0.05, 0) is 61.2 Å². The minimum atomic E-state index is -3.63. The molecular weight excluding hydrogens is 451 g/mol. The normalized spacial score (nSPS) is 24.1. The van der Waals surface area contributed by atoms with E-state index in [2.05, 4.69) is 10.9 Å². The van der Waals surface area contributed by atoms with E-state index < -0.39 is 16.1 Å². The average Bonchev–Trinajstić information content (AvgIpc) is 3.55. The fraction of sp³-hybridized carbons (Fsp3) is 0.500. The molecule has 2 aliphatic rings. The minimum Gasteiger partial charge on any atom is -0.344 e. The summed E-state index contributed by atoms with van der Waals surface area (Å²) in [7, 11) is -1.89. The third-order valence-corrected chi connectivity index (χ3v) is 9.48. The number of thiophene rings is 1. The molecule has 2 aliphatic heterocycles. The predicted octanol–water partition coefficient (Wildman–Crippen LogP) is 2.89. The summed E-state index contributed by atoms with van der Waals surface area (Å²) in [5, 5.41) is 1.73. The number of hydrogen-bond donors (Lipinski definition) is 2. The van der Waals surface area contributed by atoms with Crippen LogP contribution in [0.2, 0.25) is 0 Å². The van der Waals surface area contributed by atoms with Crippen molar-refractivity contribution in [2.75, 3.05) is 20.1 Å². The molecule has 2 N–H and O–H groups in total. The number of nitrogens with one attached hydrogen (secondary N) is 2. The molecule has 2 saturated heterocycles. The summed E-state index contributed by atoms with van der Waals surface area (Å²) < 4.78 is 41.0. The van der Waals surface area contributed by atoms with E-state index in [9.17, 15) is 17.6 Å². The Hall–Kier alpha value is -1.85. The number of hydrazine groups is 1. The van der Waals surface area contributed by atoms with Crippen molar-refractivity contribution in [3.63, 3.8) is 0 Å². The lowest BCUT2D eigenvalue weighted by Crippen LogP contribution is -2.46. The van der Waals surface area contributed by atoms with Crippen LogP contribution in [0.15, 0.2) is 46.0 Å². The van der Waals surface area contributed by atoms with Crippen molar-refractivity contribution >= 4 is 27.3 Å². The zero-order valence-electron chi connectivity index (χ0n) is 18.0. The number of carbonyl (C=O) groups is 1. The molecule has 3 unspecified atom stereocenters.